The fourth-order valence-corrected chi connectivity index (χ4v) is 2.54. The van der Waals surface area contributed by atoms with Gasteiger partial charge in [-0.15, -0.1) is 6.42 Å². The van der Waals surface area contributed by atoms with Gasteiger partial charge in [-0.25, -0.2) is 0 Å². The number of rotatable bonds is 6. The van der Waals surface area contributed by atoms with Crippen molar-refractivity contribution in [3.63, 3.8) is 0 Å². The quantitative estimate of drug-likeness (QED) is 0.461. The lowest BCUT2D eigenvalue weighted by Gasteiger charge is -2.07. The summed E-state index contributed by atoms with van der Waals surface area (Å²) in [6.07, 6.45) is 6.69. The van der Waals surface area contributed by atoms with Crippen molar-refractivity contribution in [2.45, 2.75) is 6.54 Å². The Labute approximate surface area is 155 Å². The zero-order valence-corrected chi connectivity index (χ0v) is 14.9. The van der Waals surface area contributed by atoms with E-state index in [0.717, 1.165) is 5.56 Å². The second-order valence-corrected chi connectivity index (χ2v) is 5.88. The Morgan fingerprint density at radius 3 is 2.68 bits per heavy atom. The molecule has 0 spiro atoms. The molecule has 1 N–H and O–H groups in total. The van der Waals surface area contributed by atoms with Gasteiger partial charge in [-0.3, -0.25) is 4.79 Å². The molecule has 2 aromatic rings. The van der Waals surface area contributed by atoms with Crippen molar-refractivity contribution in [3.8, 4) is 24.2 Å². The Balaban J connectivity index is 2.08. The van der Waals surface area contributed by atoms with Gasteiger partial charge in [0.25, 0.3) is 5.91 Å². The van der Waals surface area contributed by atoms with Crippen molar-refractivity contribution in [3.05, 3.63) is 69.7 Å². The zero-order chi connectivity index (χ0) is 18.1. The predicted molar refractivity (Wildman–Crippen MR) is 100 cm³/mol. The number of nitrogens with zero attached hydrogens (tertiary/aromatic N) is 1. The van der Waals surface area contributed by atoms with Crippen LogP contribution in [0.15, 0.2) is 58.6 Å². The summed E-state index contributed by atoms with van der Waals surface area (Å²) in [6.45, 7) is 0.528. The minimum Gasteiger partial charge on any atom is -0.480 e. The van der Waals surface area contributed by atoms with Crippen LogP contribution in [0.25, 0.3) is 6.08 Å². The molecule has 2 rings (SSSR count). The maximum Gasteiger partial charge on any atom is 0.262 e. The van der Waals surface area contributed by atoms with Gasteiger partial charge < -0.3 is 10.1 Å². The number of hydrogen-bond acceptors (Lipinski definition) is 3. The van der Waals surface area contributed by atoms with E-state index in [9.17, 15) is 10.1 Å². The number of ether oxygens (including phenoxy) is 1. The average molecular weight is 395 g/mol. The van der Waals surface area contributed by atoms with Gasteiger partial charge in [-0.05, 0) is 45.3 Å². The number of carbonyl (C=O) groups is 1. The van der Waals surface area contributed by atoms with E-state index in [2.05, 4.69) is 27.2 Å². The van der Waals surface area contributed by atoms with Crippen LogP contribution >= 0.6 is 15.9 Å². The van der Waals surface area contributed by atoms with E-state index in [-0.39, 0.29) is 12.2 Å². The van der Waals surface area contributed by atoms with Crippen LogP contribution in [0.3, 0.4) is 0 Å². The third-order valence-electron chi connectivity index (χ3n) is 3.24. The van der Waals surface area contributed by atoms with E-state index < -0.39 is 5.91 Å². The van der Waals surface area contributed by atoms with Gasteiger partial charge in [0, 0.05) is 6.54 Å². The van der Waals surface area contributed by atoms with Crippen molar-refractivity contribution in [2.24, 2.45) is 0 Å². The smallest absolute Gasteiger partial charge is 0.262 e. The molecule has 0 saturated heterocycles. The van der Waals surface area contributed by atoms with Gasteiger partial charge in [-0.1, -0.05) is 42.3 Å². The summed E-state index contributed by atoms with van der Waals surface area (Å²) in [5.74, 6) is 2.57. The molecule has 25 heavy (non-hydrogen) atoms. The Kier molecular flexibility index (Phi) is 6.83. The molecule has 0 radical (unpaired) electrons. The highest BCUT2D eigenvalue weighted by molar-refractivity contribution is 9.10. The molecule has 0 aliphatic carbocycles. The average Bonchev–Trinajstić information content (AvgIpc) is 2.64. The molecule has 0 saturated carbocycles. The van der Waals surface area contributed by atoms with Crippen molar-refractivity contribution < 1.29 is 9.53 Å². The maximum atomic E-state index is 12.2. The molecule has 124 valence electrons. The summed E-state index contributed by atoms with van der Waals surface area (Å²) in [6, 6.07) is 16.7. The second kappa shape index (κ2) is 9.32. The highest BCUT2D eigenvalue weighted by Gasteiger charge is 2.09. The number of hydrogen-bond donors (Lipinski definition) is 1. The van der Waals surface area contributed by atoms with Crippen LogP contribution in [-0.4, -0.2) is 12.5 Å². The van der Waals surface area contributed by atoms with Gasteiger partial charge in [0.05, 0.1) is 4.47 Å². The van der Waals surface area contributed by atoms with Crippen molar-refractivity contribution in [1.29, 1.82) is 5.26 Å². The van der Waals surface area contributed by atoms with Crippen LogP contribution in [0.1, 0.15) is 11.1 Å². The second-order valence-electron chi connectivity index (χ2n) is 5.02. The van der Waals surface area contributed by atoms with Gasteiger partial charge in [0.15, 0.2) is 0 Å². The Morgan fingerprint density at radius 2 is 2.04 bits per heavy atom. The Morgan fingerprint density at radius 1 is 1.28 bits per heavy atom. The third kappa shape index (κ3) is 5.53. The molecule has 5 heteroatoms. The molecule has 0 unspecified atom stereocenters. The first-order valence-electron chi connectivity index (χ1n) is 7.43. The maximum absolute atomic E-state index is 12.2. The molecule has 0 aromatic heterocycles. The third-order valence-corrected chi connectivity index (χ3v) is 3.86. The van der Waals surface area contributed by atoms with Gasteiger partial charge in [0.2, 0.25) is 0 Å². The summed E-state index contributed by atoms with van der Waals surface area (Å²) in [5, 5.41) is 12.0. The summed E-state index contributed by atoms with van der Waals surface area (Å²) in [4.78, 5) is 12.2. The van der Waals surface area contributed by atoms with Crippen LogP contribution in [0.5, 0.6) is 5.75 Å². The normalized spacial score (nSPS) is 10.4. The molecule has 0 heterocycles. The highest BCUT2D eigenvalue weighted by atomic mass is 79.9. The highest BCUT2D eigenvalue weighted by Crippen LogP contribution is 2.26. The van der Waals surface area contributed by atoms with Crippen molar-refractivity contribution in [1.82, 2.24) is 5.32 Å². The zero-order valence-electron chi connectivity index (χ0n) is 13.3. The lowest BCUT2D eigenvalue weighted by atomic mass is 10.1. The van der Waals surface area contributed by atoms with Crippen LogP contribution < -0.4 is 10.1 Å². The first-order valence-corrected chi connectivity index (χ1v) is 8.23. The molecule has 0 atom stereocenters. The Hall–Kier alpha value is -3.02. The fourth-order valence-electron chi connectivity index (χ4n) is 2.03. The van der Waals surface area contributed by atoms with Crippen LogP contribution in [0, 0.1) is 23.7 Å². The monoisotopic (exact) mass is 394 g/mol. The number of halogens is 1. The van der Waals surface area contributed by atoms with E-state index in [0.29, 0.717) is 22.3 Å². The van der Waals surface area contributed by atoms with Crippen LogP contribution in [-0.2, 0) is 11.3 Å². The summed E-state index contributed by atoms with van der Waals surface area (Å²) >= 11 is 3.38. The fraction of sp³-hybridized carbons (Fsp3) is 0.100. The SMILES string of the molecule is C#CCOc1ccc(/C=C(/C#N)C(=O)NCc2ccccc2)cc1Br. The van der Waals surface area contributed by atoms with E-state index in [1.807, 2.05) is 36.4 Å². The van der Waals surface area contributed by atoms with Crippen molar-refractivity contribution >= 4 is 27.9 Å². The molecule has 2 aromatic carbocycles. The standard InChI is InChI=1S/C20H15BrN2O2/c1-2-10-25-19-9-8-16(12-18(19)21)11-17(13-22)20(24)23-14-15-6-4-3-5-7-15/h1,3-9,11-12H,10,14H2,(H,23,24)/b17-11-. The lowest BCUT2D eigenvalue weighted by molar-refractivity contribution is -0.117. The van der Waals surface area contributed by atoms with Crippen LogP contribution in [0.4, 0.5) is 0 Å². The van der Waals surface area contributed by atoms with E-state index in [1.165, 1.54) is 6.08 Å². The number of nitrogens with one attached hydrogen (secondary N) is 1. The van der Waals surface area contributed by atoms with Crippen molar-refractivity contribution in [2.75, 3.05) is 6.61 Å². The first kappa shape index (κ1) is 18.3. The number of terminal acetylenes is 1. The predicted octanol–water partition coefficient (Wildman–Crippen LogP) is 3.68. The molecular formula is C20H15BrN2O2. The minimum atomic E-state index is -0.421. The lowest BCUT2D eigenvalue weighted by Crippen LogP contribution is -2.23. The largest absolute Gasteiger partial charge is 0.480 e. The summed E-state index contributed by atoms with van der Waals surface area (Å²) in [5.41, 5.74) is 1.69. The van der Waals surface area contributed by atoms with E-state index >= 15 is 0 Å². The molecule has 1 amide bonds. The molecule has 4 nitrogen and oxygen atoms in total. The number of carbonyl (C=O) groups excluding carboxylic acids is 1. The van der Waals surface area contributed by atoms with E-state index in [1.54, 1.807) is 18.2 Å². The van der Waals surface area contributed by atoms with E-state index in [4.69, 9.17) is 11.2 Å². The molecular weight excluding hydrogens is 380 g/mol. The molecule has 0 aliphatic rings. The molecule has 0 aliphatic heterocycles. The first-order chi connectivity index (χ1) is 12.1. The minimum absolute atomic E-state index is 0.0279. The molecule has 0 bridgehead atoms. The number of nitriles is 1. The number of amides is 1. The van der Waals surface area contributed by atoms with Crippen LogP contribution in [0.2, 0.25) is 0 Å². The van der Waals surface area contributed by atoms with Gasteiger partial charge in [-0.2, -0.15) is 5.26 Å². The molecule has 0 fully saturated rings. The number of benzene rings is 2. The van der Waals surface area contributed by atoms with Gasteiger partial charge >= 0.3 is 0 Å². The topological polar surface area (TPSA) is 62.1 Å². The van der Waals surface area contributed by atoms with Gasteiger partial charge in [0.1, 0.15) is 24.0 Å². The summed E-state index contributed by atoms with van der Waals surface area (Å²) in [7, 11) is 0. The Bertz CT molecular complexity index is 862. The summed E-state index contributed by atoms with van der Waals surface area (Å²) < 4.78 is 6.05.